The third kappa shape index (κ3) is 1.23. The van der Waals surface area contributed by atoms with Crippen LogP contribution in [0.4, 0.5) is 0 Å². The van der Waals surface area contributed by atoms with Crippen LogP contribution in [0.15, 0.2) is 18.2 Å². The Morgan fingerprint density at radius 3 is 2.67 bits per heavy atom. The molecule has 1 aromatic carbocycles. The minimum atomic E-state index is -0.0129. The predicted octanol–water partition coefficient (Wildman–Crippen LogP) is 1.83. The molecule has 0 unspecified atom stereocenters. The molecule has 1 fully saturated rings. The van der Waals surface area contributed by atoms with Gasteiger partial charge in [0.2, 0.25) is 6.79 Å². The van der Waals surface area contributed by atoms with E-state index in [1.54, 1.807) is 0 Å². The molecule has 1 aliphatic carbocycles. The molecule has 2 aliphatic rings. The molecule has 0 bridgehead atoms. The second-order valence-electron chi connectivity index (χ2n) is 4.36. The van der Waals surface area contributed by atoms with Crippen LogP contribution in [0.2, 0.25) is 0 Å². The van der Waals surface area contributed by atoms with E-state index in [0.29, 0.717) is 6.79 Å². The molecule has 1 saturated carbocycles. The topological polar surface area (TPSA) is 38.7 Å². The highest BCUT2D eigenvalue weighted by molar-refractivity contribution is 5.47. The van der Waals surface area contributed by atoms with E-state index in [0.717, 1.165) is 24.3 Å². The van der Waals surface area contributed by atoms with Crippen LogP contribution in [0.5, 0.6) is 11.5 Å². The average molecular weight is 206 g/mol. The van der Waals surface area contributed by atoms with Gasteiger partial charge in [0.1, 0.15) is 0 Å². The summed E-state index contributed by atoms with van der Waals surface area (Å²) in [5.74, 6) is 1.62. The molecule has 3 nitrogen and oxygen atoms in total. The number of benzene rings is 1. The minimum absolute atomic E-state index is 0.0129. The molecule has 15 heavy (non-hydrogen) atoms. The van der Waals surface area contributed by atoms with E-state index in [9.17, 15) is 5.11 Å². The number of fused-ring (bicyclic) bond motifs is 1. The van der Waals surface area contributed by atoms with Gasteiger partial charge in [-0.2, -0.15) is 0 Å². The van der Waals surface area contributed by atoms with Gasteiger partial charge in [-0.1, -0.05) is 12.5 Å². The van der Waals surface area contributed by atoms with Gasteiger partial charge in [0.25, 0.3) is 0 Å². The first-order chi connectivity index (χ1) is 7.34. The van der Waals surface area contributed by atoms with Gasteiger partial charge in [-0.3, -0.25) is 0 Å². The normalized spacial score (nSPS) is 21.1. The lowest BCUT2D eigenvalue weighted by Crippen LogP contribution is -2.37. The first kappa shape index (κ1) is 9.04. The molecular weight excluding hydrogens is 192 g/mol. The van der Waals surface area contributed by atoms with Crippen LogP contribution in [-0.2, 0) is 5.41 Å². The lowest BCUT2D eigenvalue weighted by atomic mass is 9.65. The Morgan fingerprint density at radius 1 is 1.20 bits per heavy atom. The van der Waals surface area contributed by atoms with Crippen molar-refractivity contribution in [2.24, 2.45) is 0 Å². The van der Waals surface area contributed by atoms with Crippen LogP contribution in [0.25, 0.3) is 0 Å². The number of ether oxygens (including phenoxy) is 2. The Morgan fingerprint density at radius 2 is 2.00 bits per heavy atom. The number of aliphatic hydroxyl groups excluding tert-OH is 1. The molecule has 0 atom stereocenters. The molecule has 1 N–H and O–H groups in total. The van der Waals surface area contributed by atoms with Crippen molar-refractivity contribution in [2.75, 3.05) is 13.4 Å². The summed E-state index contributed by atoms with van der Waals surface area (Å²) in [5, 5.41) is 9.47. The zero-order valence-electron chi connectivity index (χ0n) is 8.53. The van der Waals surface area contributed by atoms with Crippen molar-refractivity contribution in [2.45, 2.75) is 24.7 Å². The lowest BCUT2D eigenvalue weighted by Gasteiger charge is -2.40. The Labute approximate surface area is 88.6 Å². The van der Waals surface area contributed by atoms with Crippen molar-refractivity contribution in [1.29, 1.82) is 0 Å². The van der Waals surface area contributed by atoms with Gasteiger partial charge in [0.15, 0.2) is 11.5 Å². The second-order valence-corrected chi connectivity index (χ2v) is 4.36. The number of hydrogen-bond acceptors (Lipinski definition) is 3. The van der Waals surface area contributed by atoms with Gasteiger partial charge in [0, 0.05) is 5.41 Å². The SMILES string of the molecule is OCC1(c2ccc3c(c2)OCO3)CCC1. The predicted molar refractivity (Wildman–Crippen MR) is 55.2 cm³/mol. The third-order valence-corrected chi connectivity index (χ3v) is 3.60. The van der Waals surface area contributed by atoms with Crippen LogP contribution in [-0.4, -0.2) is 18.5 Å². The van der Waals surface area contributed by atoms with Crippen molar-refractivity contribution in [1.82, 2.24) is 0 Å². The fourth-order valence-electron chi connectivity index (χ4n) is 2.37. The van der Waals surface area contributed by atoms with Crippen LogP contribution in [0.1, 0.15) is 24.8 Å². The van der Waals surface area contributed by atoms with Crippen LogP contribution in [0, 0.1) is 0 Å². The highest BCUT2D eigenvalue weighted by Crippen LogP contribution is 2.46. The highest BCUT2D eigenvalue weighted by atomic mass is 16.7. The Balaban J connectivity index is 1.98. The van der Waals surface area contributed by atoms with E-state index in [2.05, 4.69) is 0 Å². The molecule has 3 rings (SSSR count). The minimum Gasteiger partial charge on any atom is -0.454 e. The number of rotatable bonds is 2. The fraction of sp³-hybridized carbons (Fsp3) is 0.500. The van der Waals surface area contributed by atoms with E-state index >= 15 is 0 Å². The van der Waals surface area contributed by atoms with E-state index < -0.39 is 0 Å². The molecular formula is C12H14O3. The molecule has 0 aromatic heterocycles. The molecule has 80 valence electrons. The standard InChI is InChI=1S/C12H14O3/c13-7-12(4-1-5-12)9-2-3-10-11(6-9)15-8-14-10/h2-3,6,13H,1,4-5,7-8H2. The van der Waals surface area contributed by atoms with E-state index in [1.165, 1.54) is 12.0 Å². The van der Waals surface area contributed by atoms with Crippen molar-refractivity contribution in [3.05, 3.63) is 23.8 Å². The molecule has 3 heteroatoms. The zero-order chi connectivity index (χ0) is 10.3. The Hall–Kier alpha value is -1.22. The Bertz CT molecular complexity index is 377. The zero-order valence-corrected chi connectivity index (χ0v) is 8.53. The molecule has 1 aromatic rings. The summed E-state index contributed by atoms with van der Waals surface area (Å²) in [5.41, 5.74) is 1.17. The Kier molecular flexibility index (Phi) is 1.89. The van der Waals surface area contributed by atoms with Crippen LogP contribution < -0.4 is 9.47 Å². The van der Waals surface area contributed by atoms with Gasteiger partial charge in [-0.05, 0) is 30.5 Å². The summed E-state index contributed by atoms with van der Waals surface area (Å²) in [6.07, 6.45) is 3.35. The first-order valence-electron chi connectivity index (χ1n) is 5.35. The summed E-state index contributed by atoms with van der Waals surface area (Å²) in [4.78, 5) is 0. The van der Waals surface area contributed by atoms with E-state index in [1.807, 2.05) is 18.2 Å². The smallest absolute Gasteiger partial charge is 0.231 e. The molecule has 1 aliphatic heterocycles. The van der Waals surface area contributed by atoms with E-state index in [4.69, 9.17) is 9.47 Å². The summed E-state index contributed by atoms with van der Waals surface area (Å²) >= 11 is 0. The maximum Gasteiger partial charge on any atom is 0.231 e. The third-order valence-electron chi connectivity index (χ3n) is 3.60. The number of hydrogen-bond donors (Lipinski definition) is 1. The van der Waals surface area contributed by atoms with Gasteiger partial charge >= 0.3 is 0 Å². The van der Waals surface area contributed by atoms with Gasteiger partial charge in [-0.15, -0.1) is 0 Å². The lowest BCUT2D eigenvalue weighted by molar-refractivity contribution is 0.120. The van der Waals surface area contributed by atoms with Gasteiger partial charge in [-0.25, -0.2) is 0 Å². The first-order valence-corrected chi connectivity index (χ1v) is 5.35. The summed E-state index contributed by atoms with van der Waals surface area (Å²) in [7, 11) is 0. The van der Waals surface area contributed by atoms with Gasteiger partial charge in [0.05, 0.1) is 6.61 Å². The van der Waals surface area contributed by atoms with E-state index in [-0.39, 0.29) is 12.0 Å². The summed E-state index contributed by atoms with van der Waals surface area (Å²) in [6.45, 7) is 0.539. The number of aliphatic hydroxyl groups is 1. The second kappa shape index (κ2) is 3.14. The van der Waals surface area contributed by atoms with Crippen molar-refractivity contribution < 1.29 is 14.6 Å². The summed E-state index contributed by atoms with van der Waals surface area (Å²) in [6, 6.07) is 5.99. The fourth-order valence-corrected chi connectivity index (χ4v) is 2.37. The largest absolute Gasteiger partial charge is 0.454 e. The van der Waals surface area contributed by atoms with Crippen LogP contribution in [0.3, 0.4) is 0 Å². The van der Waals surface area contributed by atoms with Crippen molar-refractivity contribution in [3.63, 3.8) is 0 Å². The maximum absolute atomic E-state index is 9.47. The monoisotopic (exact) mass is 206 g/mol. The molecule has 0 radical (unpaired) electrons. The maximum atomic E-state index is 9.47. The average Bonchev–Trinajstić information content (AvgIpc) is 2.64. The van der Waals surface area contributed by atoms with Crippen molar-refractivity contribution in [3.8, 4) is 11.5 Å². The highest BCUT2D eigenvalue weighted by Gasteiger charge is 2.38. The summed E-state index contributed by atoms with van der Waals surface area (Å²) < 4.78 is 10.6. The quantitative estimate of drug-likeness (QED) is 0.802. The molecule has 0 amide bonds. The molecule has 0 spiro atoms. The van der Waals surface area contributed by atoms with Crippen molar-refractivity contribution >= 4 is 0 Å². The molecule has 0 saturated heterocycles. The molecule has 1 heterocycles. The van der Waals surface area contributed by atoms with Crippen LogP contribution >= 0.6 is 0 Å². The van der Waals surface area contributed by atoms with Gasteiger partial charge < -0.3 is 14.6 Å².